The van der Waals surface area contributed by atoms with E-state index in [1.54, 1.807) is 0 Å². The van der Waals surface area contributed by atoms with E-state index in [0.29, 0.717) is 0 Å². The molecule has 0 radical (unpaired) electrons. The SMILES string of the molecule is c1ccc(-c2ccc(N3c4cc5sc6ccccc6c5cc4-c4cccc5cccc3c45)nc2)nc1. The number of benzene rings is 4. The molecular formula is C32H19N3S. The number of thiophene rings is 1. The number of pyridine rings is 2. The molecule has 0 spiro atoms. The second-order valence-corrected chi connectivity index (χ2v) is 10.2. The van der Waals surface area contributed by atoms with E-state index in [0.717, 1.165) is 22.8 Å². The van der Waals surface area contributed by atoms with Crippen molar-refractivity contribution in [2.24, 2.45) is 0 Å². The van der Waals surface area contributed by atoms with E-state index < -0.39 is 0 Å². The topological polar surface area (TPSA) is 29.0 Å². The van der Waals surface area contributed by atoms with Gasteiger partial charge >= 0.3 is 0 Å². The molecule has 3 aromatic heterocycles. The van der Waals surface area contributed by atoms with Gasteiger partial charge in [-0.25, -0.2) is 4.98 Å². The van der Waals surface area contributed by atoms with Gasteiger partial charge < -0.3 is 0 Å². The molecule has 0 unspecified atom stereocenters. The third-order valence-corrected chi connectivity index (χ3v) is 8.22. The molecule has 0 aliphatic carbocycles. The monoisotopic (exact) mass is 477 g/mol. The Bertz CT molecular complexity index is 1930. The van der Waals surface area contributed by atoms with Gasteiger partial charge in [-0.1, -0.05) is 54.6 Å². The third kappa shape index (κ3) is 2.79. The molecule has 36 heavy (non-hydrogen) atoms. The summed E-state index contributed by atoms with van der Waals surface area (Å²) in [5, 5.41) is 5.13. The fourth-order valence-electron chi connectivity index (χ4n) is 5.47. The minimum atomic E-state index is 0.901. The van der Waals surface area contributed by atoms with Gasteiger partial charge in [0.15, 0.2) is 0 Å². The normalized spacial score (nSPS) is 12.4. The van der Waals surface area contributed by atoms with Crippen molar-refractivity contribution in [3.63, 3.8) is 0 Å². The summed E-state index contributed by atoms with van der Waals surface area (Å²) in [6.07, 6.45) is 3.74. The third-order valence-electron chi connectivity index (χ3n) is 7.09. The molecule has 1 aliphatic rings. The second-order valence-electron chi connectivity index (χ2n) is 9.10. The van der Waals surface area contributed by atoms with Crippen molar-refractivity contribution < 1.29 is 0 Å². The lowest BCUT2D eigenvalue weighted by atomic mass is 9.90. The van der Waals surface area contributed by atoms with Gasteiger partial charge in [-0.15, -0.1) is 11.3 Å². The molecule has 7 aromatic rings. The Labute approximate surface area is 211 Å². The molecule has 0 atom stereocenters. The van der Waals surface area contributed by atoms with Gasteiger partial charge in [-0.05, 0) is 59.5 Å². The minimum absolute atomic E-state index is 0.901. The second kappa shape index (κ2) is 7.48. The molecule has 0 bridgehead atoms. The van der Waals surface area contributed by atoms with Crippen LogP contribution in [0, 0.1) is 0 Å². The Morgan fingerprint density at radius 2 is 1.50 bits per heavy atom. The van der Waals surface area contributed by atoms with E-state index in [1.807, 2.05) is 41.9 Å². The number of fused-ring (bicyclic) bond motifs is 5. The summed E-state index contributed by atoms with van der Waals surface area (Å²) in [5.74, 6) is 0.901. The standard InChI is InChI=1S/C32H19N3S/c1-2-13-29-22(9-1)25-17-24-23-10-5-7-20-8-6-12-27(32(20)23)35(28(24)18-30(25)36-29)31-15-14-21(19-34-31)26-11-3-4-16-33-26/h1-19H. The highest BCUT2D eigenvalue weighted by Gasteiger charge is 2.27. The van der Waals surface area contributed by atoms with Crippen molar-refractivity contribution >= 4 is 59.5 Å². The lowest BCUT2D eigenvalue weighted by Gasteiger charge is -2.32. The van der Waals surface area contributed by atoms with Crippen LogP contribution in [-0.2, 0) is 0 Å². The quantitative estimate of drug-likeness (QED) is 0.249. The highest BCUT2D eigenvalue weighted by molar-refractivity contribution is 7.25. The Balaban J connectivity index is 1.41. The molecule has 0 amide bonds. The van der Waals surface area contributed by atoms with Crippen molar-refractivity contribution in [1.82, 2.24) is 9.97 Å². The van der Waals surface area contributed by atoms with Crippen LogP contribution in [0.2, 0.25) is 0 Å². The number of nitrogens with zero attached hydrogens (tertiary/aromatic N) is 3. The molecule has 4 heteroatoms. The summed E-state index contributed by atoms with van der Waals surface area (Å²) < 4.78 is 2.60. The highest BCUT2D eigenvalue weighted by Crippen LogP contribution is 2.52. The van der Waals surface area contributed by atoms with E-state index in [2.05, 4.69) is 94.8 Å². The van der Waals surface area contributed by atoms with Crippen molar-refractivity contribution in [2.75, 3.05) is 4.90 Å². The van der Waals surface area contributed by atoms with E-state index in [1.165, 1.54) is 47.8 Å². The smallest absolute Gasteiger partial charge is 0.137 e. The van der Waals surface area contributed by atoms with Crippen LogP contribution in [0.1, 0.15) is 0 Å². The highest BCUT2D eigenvalue weighted by atomic mass is 32.1. The molecule has 1 aliphatic heterocycles. The summed E-state index contributed by atoms with van der Waals surface area (Å²) in [6.45, 7) is 0. The van der Waals surface area contributed by atoms with Crippen LogP contribution in [-0.4, -0.2) is 9.97 Å². The van der Waals surface area contributed by atoms with Crippen LogP contribution >= 0.6 is 11.3 Å². The number of hydrogen-bond acceptors (Lipinski definition) is 4. The Morgan fingerprint density at radius 1 is 0.611 bits per heavy atom. The van der Waals surface area contributed by atoms with Gasteiger partial charge in [0.25, 0.3) is 0 Å². The largest absolute Gasteiger partial charge is 0.294 e. The Morgan fingerprint density at radius 3 is 2.36 bits per heavy atom. The van der Waals surface area contributed by atoms with Gasteiger partial charge in [0.1, 0.15) is 5.82 Å². The lowest BCUT2D eigenvalue weighted by molar-refractivity contribution is 1.18. The molecular weight excluding hydrogens is 458 g/mol. The molecule has 0 N–H and O–H groups in total. The first-order chi connectivity index (χ1) is 17.8. The predicted molar refractivity (Wildman–Crippen MR) is 152 cm³/mol. The first-order valence-corrected chi connectivity index (χ1v) is 12.8. The van der Waals surface area contributed by atoms with Gasteiger partial charge in [0, 0.05) is 49.1 Å². The number of anilines is 3. The summed E-state index contributed by atoms with van der Waals surface area (Å²) >= 11 is 1.85. The molecule has 3 nitrogen and oxygen atoms in total. The zero-order valence-electron chi connectivity index (χ0n) is 19.2. The van der Waals surface area contributed by atoms with Crippen molar-refractivity contribution in [3.05, 3.63) is 116 Å². The van der Waals surface area contributed by atoms with Crippen LogP contribution in [0.5, 0.6) is 0 Å². The first kappa shape index (κ1) is 19.7. The summed E-state index contributed by atoms with van der Waals surface area (Å²) in [5.41, 5.74) is 6.78. The van der Waals surface area contributed by atoms with Crippen LogP contribution in [0.4, 0.5) is 17.2 Å². The van der Waals surface area contributed by atoms with E-state index >= 15 is 0 Å². The molecule has 0 saturated heterocycles. The lowest BCUT2D eigenvalue weighted by Crippen LogP contribution is -2.16. The molecule has 4 heterocycles. The molecule has 0 saturated carbocycles. The average molecular weight is 478 g/mol. The zero-order valence-corrected chi connectivity index (χ0v) is 20.0. The van der Waals surface area contributed by atoms with Crippen LogP contribution < -0.4 is 4.90 Å². The number of aromatic nitrogens is 2. The summed E-state index contributed by atoms with van der Waals surface area (Å²) in [6, 6.07) is 36.7. The van der Waals surface area contributed by atoms with Crippen LogP contribution in [0.3, 0.4) is 0 Å². The van der Waals surface area contributed by atoms with E-state index in [4.69, 9.17) is 4.98 Å². The molecule has 8 rings (SSSR count). The minimum Gasteiger partial charge on any atom is -0.294 e. The fourth-order valence-corrected chi connectivity index (χ4v) is 6.59. The maximum absolute atomic E-state index is 4.95. The van der Waals surface area contributed by atoms with E-state index in [-0.39, 0.29) is 0 Å². The van der Waals surface area contributed by atoms with Gasteiger partial charge in [0.2, 0.25) is 0 Å². The number of rotatable bonds is 2. The van der Waals surface area contributed by atoms with Crippen molar-refractivity contribution in [2.45, 2.75) is 0 Å². The predicted octanol–water partition coefficient (Wildman–Crippen LogP) is 9.11. The van der Waals surface area contributed by atoms with Crippen molar-refractivity contribution in [3.8, 4) is 22.4 Å². The number of hydrogen-bond donors (Lipinski definition) is 0. The van der Waals surface area contributed by atoms with Crippen LogP contribution in [0.15, 0.2) is 116 Å². The summed E-state index contributed by atoms with van der Waals surface area (Å²) in [7, 11) is 0. The van der Waals surface area contributed by atoms with Gasteiger partial charge in [-0.3, -0.25) is 9.88 Å². The molecule has 0 fully saturated rings. The van der Waals surface area contributed by atoms with E-state index in [9.17, 15) is 0 Å². The first-order valence-electron chi connectivity index (χ1n) is 12.0. The maximum atomic E-state index is 4.95. The zero-order chi connectivity index (χ0) is 23.6. The van der Waals surface area contributed by atoms with Crippen LogP contribution in [0.25, 0.3) is 53.3 Å². The van der Waals surface area contributed by atoms with Gasteiger partial charge in [0.05, 0.1) is 17.1 Å². The maximum Gasteiger partial charge on any atom is 0.137 e. The summed E-state index contributed by atoms with van der Waals surface area (Å²) in [4.78, 5) is 11.8. The fraction of sp³-hybridized carbons (Fsp3) is 0. The Kier molecular flexibility index (Phi) is 4.10. The average Bonchev–Trinajstić information content (AvgIpc) is 3.31. The Hall–Kier alpha value is -4.54. The van der Waals surface area contributed by atoms with Crippen molar-refractivity contribution in [1.29, 1.82) is 0 Å². The van der Waals surface area contributed by atoms with Gasteiger partial charge in [-0.2, -0.15) is 0 Å². The molecule has 168 valence electrons. The molecule has 4 aromatic carbocycles.